The van der Waals surface area contributed by atoms with Crippen LogP contribution in [-0.2, 0) is 17.8 Å². The van der Waals surface area contributed by atoms with Crippen LogP contribution in [0.2, 0.25) is 0 Å². The number of methoxy groups -OCH3 is 1. The number of benzene rings is 2. The van der Waals surface area contributed by atoms with Gasteiger partial charge in [0.05, 0.1) is 18.7 Å². The van der Waals surface area contributed by atoms with E-state index in [2.05, 4.69) is 15.6 Å². The Balaban J connectivity index is 1.45. The summed E-state index contributed by atoms with van der Waals surface area (Å²) in [6, 6.07) is 15.0. The number of hydrogen-bond donors (Lipinski definition) is 2. The number of carbonyl (C=O) groups is 2. The van der Waals surface area contributed by atoms with Crippen LogP contribution in [0.3, 0.4) is 0 Å². The summed E-state index contributed by atoms with van der Waals surface area (Å²) in [5, 5.41) is 6.45. The summed E-state index contributed by atoms with van der Waals surface area (Å²) < 4.78 is 5.36. The van der Waals surface area contributed by atoms with Crippen LogP contribution in [0, 0.1) is 6.92 Å². The van der Waals surface area contributed by atoms with Crippen LogP contribution in [0.15, 0.2) is 48.5 Å². The summed E-state index contributed by atoms with van der Waals surface area (Å²) in [6.45, 7) is 2.38. The number of nitrogens with one attached hydrogen (secondary N) is 2. The molecule has 1 heterocycles. The van der Waals surface area contributed by atoms with E-state index in [9.17, 15) is 9.59 Å². The van der Waals surface area contributed by atoms with Gasteiger partial charge in [-0.05, 0) is 44.4 Å². The average molecular weight is 436 g/mol. The molecule has 31 heavy (non-hydrogen) atoms. The molecule has 0 fully saturated rings. The molecule has 0 bridgehead atoms. The zero-order valence-electron chi connectivity index (χ0n) is 17.6. The van der Waals surface area contributed by atoms with Crippen LogP contribution >= 0.6 is 11.3 Å². The highest BCUT2D eigenvalue weighted by Crippen LogP contribution is 2.37. The Morgan fingerprint density at radius 1 is 1.16 bits per heavy atom. The second-order valence-electron chi connectivity index (χ2n) is 7.62. The first-order valence-corrected chi connectivity index (χ1v) is 11.1. The summed E-state index contributed by atoms with van der Waals surface area (Å²) >= 11 is 1.46. The Bertz CT molecular complexity index is 1090. The molecule has 2 amide bonds. The quantitative estimate of drug-likeness (QED) is 0.600. The van der Waals surface area contributed by atoms with Gasteiger partial charge in [-0.3, -0.25) is 14.9 Å². The van der Waals surface area contributed by atoms with Gasteiger partial charge in [-0.1, -0.05) is 35.9 Å². The van der Waals surface area contributed by atoms with E-state index in [0.717, 1.165) is 46.7 Å². The molecule has 7 heteroatoms. The number of fused-ring (bicyclic) bond motifs is 1. The van der Waals surface area contributed by atoms with E-state index in [1.54, 1.807) is 19.2 Å². The van der Waals surface area contributed by atoms with Gasteiger partial charge in [-0.25, -0.2) is 4.98 Å². The van der Waals surface area contributed by atoms with E-state index in [0.29, 0.717) is 17.2 Å². The molecule has 1 atom stereocenters. The molecular formula is C24H25N3O3S. The maximum absolute atomic E-state index is 12.9. The Kier molecular flexibility index (Phi) is 6.32. The summed E-state index contributed by atoms with van der Waals surface area (Å²) in [5.41, 5.74) is 3.40. The van der Waals surface area contributed by atoms with Gasteiger partial charge in [-0.2, -0.15) is 0 Å². The molecule has 2 aromatic carbocycles. The lowest BCUT2D eigenvalue weighted by Crippen LogP contribution is -2.31. The number of nitrogens with zero attached hydrogens (tertiary/aromatic N) is 1. The van der Waals surface area contributed by atoms with Crippen molar-refractivity contribution in [2.45, 2.75) is 38.6 Å². The van der Waals surface area contributed by atoms with Gasteiger partial charge in [-0.15, -0.1) is 11.3 Å². The van der Waals surface area contributed by atoms with Crippen LogP contribution in [0.25, 0.3) is 0 Å². The largest absolute Gasteiger partial charge is 0.496 e. The minimum Gasteiger partial charge on any atom is -0.496 e. The average Bonchev–Trinajstić information content (AvgIpc) is 3.20. The highest BCUT2D eigenvalue weighted by molar-refractivity contribution is 7.16. The lowest BCUT2D eigenvalue weighted by atomic mass is 9.90. The predicted molar refractivity (Wildman–Crippen MR) is 122 cm³/mol. The number of thiazole rings is 1. The smallest absolute Gasteiger partial charge is 0.257 e. The lowest BCUT2D eigenvalue weighted by molar-refractivity contribution is -0.123. The maximum atomic E-state index is 12.9. The SMILES string of the molecule is COc1ccccc1CNC(=O)C1CCCc2sc(NC(=O)c3ccc(C)cc3)nc21. The van der Waals surface area contributed by atoms with E-state index < -0.39 is 0 Å². The highest BCUT2D eigenvalue weighted by Gasteiger charge is 2.30. The van der Waals surface area contributed by atoms with Crippen LogP contribution in [0.1, 0.15) is 50.8 Å². The first kappa shape index (κ1) is 21.1. The van der Waals surface area contributed by atoms with Gasteiger partial charge in [0.2, 0.25) is 5.91 Å². The highest BCUT2D eigenvalue weighted by atomic mass is 32.1. The topological polar surface area (TPSA) is 80.3 Å². The second-order valence-corrected chi connectivity index (χ2v) is 8.71. The molecule has 160 valence electrons. The minimum atomic E-state index is -0.306. The first-order valence-electron chi connectivity index (χ1n) is 10.3. The first-order chi connectivity index (χ1) is 15.0. The number of anilines is 1. The van der Waals surface area contributed by atoms with E-state index in [-0.39, 0.29) is 17.7 Å². The molecule has 0 spiro atoms. The molecule has 1 unspecified atom stereocenters. The van der Waals surface area contributed by atoms with Crippen molar-refractivity contribution < 1.29 is 14.3 Å². The Morgan fingerprint density at radius 3 is 2.71 bits per heavy atom. The molecule has 2 N–H and O–H groups in total. The minimum absolute atomic E-state index is 0.0476. The molecule has 0 aliphatic heterocycles. The number of aromatic nitrogens is 1. The molecule has 0 saturated carbocycles. The summed E-state index contributed by atoms with van der Waals surface area (Å²) in [6.07, 6.45) is 2.55. The number of carbonyl (C=O) groups excluding carboxylic acids is 2. The molecule has 3 aromatic rings. The summed E-state index contributed by atoms with van der Waals surface area (Å²) in [4.78, 5) is 31.2. The van der Waals surface area contributed by atoms with Gasteiger partial charge in [0.25, 0.3) is 5.91 Å². The molecule has 4 rings (SSSR count). The lowest BCUT2D eigenvalue weighted by Gasteiger charge is -2.20. The van der Waals surface area contributed by atoms with E-state index in [1.807, 2.05) is 43.3 Å². The van der Waals surface area contributed by atoms with Crippen molar-refractivity contribution in [1.29, 1.82) is 0 Å². The molecular weight excluding hydrogens is 410 g/mol. The molecule has 1 aromatic heterocycles. The van der Waals surface area contributed by atoms with Crippen molar-refractivity contribution in [2.24, 2.45) is 0 Å². The third-order valence-corrected chi connectivity index (χ3v) is 6.50. The second kappa shape index (κ2) is 9.31. The van der Waals surface area contributed by atoms with Crippen LogP contribution < -0.4 is 15.4 Å². The summed E-state index contributed by atoms with van der Waals surface area (Å²) in [5.74, 6) is 0.207. The number of para-hydroxylation sites is 1. The zero-order chi connectivity index (χ0) is 21.8. The van der Waals surface area contributed by atoms with E-state index >= 15 is 0 Å². The van der Waals surface area contributed by atoms with Crippen molar-refractivity contribution >= 4 is 28.3 Å². The molecule has 0 saturated heterocycles. The van der Waals surface area contributed by atoms with E-state index in [1.165, 1.54) is 11.3 Å². The number of ether oxygens (including phenoxy) is 1. The molecule has 6 nitrogen and oxygen atoms in total. The standard InChI is InChI=1S/C24H25N3O3S/c1-15-10-12-16(13-11-15)22(28)27-24-26-21-18(7-5-9-20(21)31-24)23(29)25-14-17-6-3-4-8-19(17)30-2/h3-4,6,8,10-13,18H,5,7,9,14H2,1-2H3,(H,25,29)(H,26,27,28). The van der Waals surface area contributed by atoms with Gasteiger partial charge >= 0.3 is 0 Å². The number of rotatable bonds is 6. The van der Waals surface area contributed by atoms with Crippen LogP contribution in [0.5, 0.6) is 5.75 Å². The van der Waals surface area contributed by atoms with Gasteiger partial charge < -0.3 is 10.1 Å². The van der Waals surface area contributed by atoms with Crippen molar-refractivity contribution in [3.8, 4) is 5.75 Å². The maximum Gasteiger partial charge on any atom is 0.257 e. The van der Waals surface area contributed by atoms with E-state index in [4.69, 9.17) is 4.74 Å². The van der Waals surface area contributed by atoms with Crippen LogP contribution in [0.4, 0.5) is 5.13 Å². The van der Waals surface area contributed by atoms with Crippen LogP contribution in [-0.4, -0.2) is 23.9 Å². The number of amides is 2. The third kappa shape index (κ3) is 4.77. The Hall–Kier alpha value is -3.19. The van der Waals surface area contributed by atoms with Gasteiger partial charge in [0, 0.05) is 22.5 Å². The molecule has 1 aliphatic carbocycles. The normalized spacial score (nSPS) is 15.1. The monoisotopic (exact) mass is 435 g/mol. The Labute approximate surface area is 185 Å². The van der Waals surface area contributed by atoms with Crippen molar-refractivity contribution in [3.63, 3.8) is 0 Å². The van der Waals surface area contributed by atoms with Gasteiger partial charge in [0.15, 0.2) is 5.13 Å². The number of aryl methyl sites for hydroxylation is 2. The predicted octanol–water partition coefficient (Wildman–Crippen LogP) is 4.45. The van der Waals surface area contributed by atoms with Crippen molar-refractivity contribution in [1.82, 2.24) is 10.3 Å². The van der Waals surface area contributed by atoms with Crippen molar-refractivity contribution in [3.05, 3.63) is 75.8 Å². The van der Waals surface area contributed by atoms with Gasteiger partial charge in [0.1, 0.15) is 5.75 Å². The number of hydrogen-bond acceptors (Lipinski definition) is 5. The summed E-state index contributed by atoms with van der Waals surface area (Å²) in [7, 11) is 1.62. The Morgan fingerprint density at radius 2 is 1.94 bits per heavy atom. The molecule has 0 radical (unpaired) electrons. The fourth-order valence-corrected chi connectivity index (χ4v) is 4.82. The zero-order valence-corrected chi connectivity index (χ0v) is 18.4. The fourth-order valence-electron chi connectivity index (χ4n) is 3.76. The molecule has 1 aliphatic rings. The third-order valence-electron chi connectivity index (χ3n) is 5.45. The fraction of sp³-hybridized carbons (Fsp3) is 0.292. The van der Waals surface area contributed by atoms with Crippen molar-refractivity contribution in [2.75, 3.05) is 12.4 Å².